The highest BCUT2D eigenvalue weighted by Gasteiger charge is 2.13. The van der Waals surface area contributed by atoms with Gasteiger partial charge in [-0.15, -0.1) is 0 Å². The maximum absolute atomic E-state index is 6.10. The van der Waals surface area contributed by atoms with Crippen LogP contribution >= 0.6 is 23.2 Å². The third-order valence-electron chi connectivity index (χ3n) is 3.47. The number of fused-ring (bicyclic) bond motifs is 1. The van der Waals surface area contributed by atoms with Crippen molar-refractivity contribution in [2.75, 3.05) is 5.73 Å². The average molecular weight is 306 g/mol. The van der Waals surface area contributed by atoms with Crippen LogP contribution in [0.25, 0.3) is 16.7 Å². The van der Waals surface area contributed by atoms with Gasteiger partial charge in [-0.3, -0.25) is 4.57 Å². The normalized spacial score (nSPS) is 11.2. The minimum atomic E-state index is 0.418. The molecule has 0 amide bonds. The zero-order valence-corrected chi connectivity index (χ0v) is 12.6. The molecular formula is C15H13Cl2N3. The molecule has 5 heteroatoms. The molecule has 0 aliphatic rings. The van der Waals surface area contributed by atoms with Crippen molar-refractivity contribution in [3.8, 4) is 5.69 Å². The summed E-state index contributed by atoms with van der Waals surface area (Å²) in [4.78, 5) is 4.34. The Labute approximate surface area is 126 Å². The summed E-state index contributed by atoms with van der Waals surface area (Å²) >= 11 is 12.1. The zero-order valence-electron chi connectivity index (χ0n) is 11.1. The molecule has 0 fully saturated rings. The minimum absolute atomic E-state index is 0.418. The summed E-state index contributed by atoms with van der Waals surface area (Å²) in [6.07, 6.45) is 0. The third-order valence-corrected chi connectivity index (χ3v) is 4.19. The molecule has 0 aliphatic carbocycles. The van der Waals surface area contributed by atoms with E-state index < -0.39 is 0 Å². The molecule has 0 atom stereocenters. The highest BCUT2D eigenvalue weighted by atomic mass is 35.5. The van der Waals surface area contributed by atoms with Crippen molar-refractivity contribution in [2.45, 2.75) is 13.8 Å². The van der Waals surface area contributed by atoms with Gasteiger partial charge >= 0.3 is 0 Å². The summed E-state index contributed by atoms with van der Waals surface area (Å²) in [5.41, 5.74) is 11.0. The van der Waals surface area contributed by atoms with Gasteiger partial charge in [-0.25, -0.2) is 4.98 Å². The number of aryl methyl sites for hydroxylation is 2. The van der Waals surface area contributed by atoms with E-state index in [1.54, 1.807) is 12.1 Å². The van der Waals surface area contributed by atoms with Crippen LogP contribution in [0.4, 0.5) is 5.95 Å². The fourth-order valence-electron chi connectivity index (χ4n) is 2.23. The van der Waals surface area contributed by atoms with Crippen LogP contribution in [0.3, 0.4) is 0 Å². The summed E-state index contributed by atoms with van der Waals surface area (Å²) in [5, 5.41) is 0.966. The molecule has 0 unspecified atom stereocenters. The Kier molecular flexibility index (Phi) is 3.11. The first-order valence-corrected chi connectivity index (χ1v) is 6.93. The first-order valence-electron chi connectivity index (χ1n) is 6.18. The van der Waals surface area contributed by atoms with Gasteiger partial charge < -0.3 is 5.73 Å². The number of rotatable bonds is 1. The predicted octanol–water partition coefficient (Wildman–Crippen LogP) is 4.53. The molecule has 1 aromatic heterocycles. The van der Waals surface area contributed by atoms with Crippen molar-refractivity contribution in [1.82, 2.24) is 9.55 Å². The zero-order chi connectivity index (χ0) is 14.4. The third kappa shape index (κ3) is 2.03. The highest BCUT2D eigenvalue weighted by molar-refractivity contribution is 6.42. The maximum Gasteiger partial charge on any atom is 0.205 e. The molecule has 2 aromatic carbocycles. The number of nitrogen functional groups attached to an aromatic ring is 1. The molecule has 0 saturated carbocycles. The number of hydrogen-bond acceptors (Lipinski definition) is 2. The Morgan fingerprint density at radius 2 is 1.70 bits per heavy atom. The number of nitrogens with two attached hydrogens (primary N) is 1. The lowest BCUT2D eigenvalue weighted by Crippen LogP contribution is -2.01. The molecule has 3 nitrogen and oxygen atoms in total. The number of imidazole rings is 1. The number of halogens is 2. The van der Waals surface area contributed by atoms with Gasteiger partial charge in [0.15, 0.2) is 0 Å². The number of benzene rings is 2. The molecule has 3 aromatic rings. The second kappa shape index (κ2) is 4.69. The van der Waals surface area contributed by atoms with Gasteiger partial charge in [-0.05, 0) is 49.2 Å². The van der Waals surface area contributed by atoms with Crippen molar-refractivity contribution in [2.24, 2.45) is 0 Å². The smallest absolute Gasteiger partial charge is 0.205 e. The van der Waals surface area contributed by atoms with Crippen LogP contribution in [0.1, 0.15) is 11.1 Å². The Bertz CT molecular complexity index is 822. The molecule has 0 bridgehead atoms. The summed E-state index contributed by atoms with van der Waals surface area (Å²) in [7, 11) is 0. The van der Waals surface area contributed by atoms with Crippen LogP contribution in [0.15, 0.2) is 30.3 Å². The Hall–Kier alpha value is -1.71. The van der Waals surface area contributed by atoms with Crippen LogP contribution < -0.4 is 5.73 Å². The van der Waals surface area contributed by atoms with Gasteiger partial charge in [-0.1, -0.05) is 29.3 Å². The molecule has 0 aliphatic heterocycles. The standard InChI is InChI=1S/C15H13Cl2N3/c1-8-3-4-10(5-9(8)2)20-14-7-12(17)11(16)6-13(14)19-15(20)18/h3-7H,1-2H3,(H2,18,19). The van der Waals surface area contributed by atoms with Gasteiger partial charge in [0.05, 0.1) is 21.1 Å². The SMILES string of the molecule is Cc1ccc(-n2c(N)nc3cc(Cl)c(Cl)cc32)cc1C. The highest BCUT2D eigenvalue weighted by Crippen LogP contribution is 2.31. The second-order valence-electron chi connectivity index (χ2n) is 4.83. The van der Waals surface area contributed by atoms with Crippen molar-refractivity contribution >= 4 is 40.2 Å². The van der Waals surface area contributed by atoms with E-state index in [2.05, 4.69) is 31.0 Å². The van der Waals surface area contributed by atoms with Gasteiger partial charge in [0.1, 0.15) is 0 Å². The van der Waals surface area contributed by atoms with Crippen molar-refractivity contribution in [1.29, 1.82) is 0 Å². The summed E-state index contributed by atoms with van der Waals surface area (Å²) in [5.74, 6) is 0.418. The predicted molar refractivity (Wildman–Crippen MR) is 85.0 cm³/mol. The summed E-state index contributed by atoms with van der Waals surface area (Å²) in [6, 6.07) is 9.68. The topological polar surface area (TPSA) is 43.8 Å². The van der Waals surface area contributed by atoms with Crippen molar-refractivity contribution in [3.63, 3.8) is 0 Å². The lowest BCUT2D eigenvalue weighted by molar-refractivity contribution is 1.10. The Morgan fingerprint density at radius 3 is 2.40 bits per heavy atom. The van der Waals surface area contributed by atoms with E-state index in [9.17, 15) is 0 Å². The lowest BCUT2D eigenvalue weighted by atomic mass is 10.1. The number of anilines is 1. The molecule has 20 heavy (non-hydrogen) atoms. The molecule has 0 saturated heterocycles. The molecular weight excluding hydrogens is 293 g/mol. The molecule has 3 rings (SSSR count). The first kappa shape index (κ1) is 13.3. The Morgan fingerprint density at radius 1 is 1.00 bits per heavy atom. The molecule has 0 radical (unpaired) electrons. The van der Waals surface area contributed by atoms with Crippen LogP contribution in [-0.4, -0.2) is 9.55 Å². The minimum Gasteiger partial charge on any atom is -0.369 e. The molecule has 102 valence electrons. The molecule has 2 N–H and O–H groups in total. The van der Waals surface area contributed by atoms with Crippen LogP contribution in [-0.2, 0) is 0 Å². The fraction of sp³-hybridized carbons (Fsp3) is 0.133. The Balaban J connectivity index is 2.32. The van der Waals surface area contributed by atoms with Gasteiger partial charge in [-0.2, -0.15) is 0 Å². The van der Waals surface area contributed by atoms with E-state index in [1.807, 2.05) is 10.6 Å². The lowest BCUT2D eigenvalue weighted by Gasteiger charge is -2.09. The van der Waals surface area contributed by atoms with E-state index >= 15 is 0 Å². The summed E-state index contributed by atoms with van der Waals surface area (Å²) in [6.45, 7) is 4.14. The van der Waals surface area contributed by atoms with Gasteiger partial charge in [0.2, 0.25) is 5.95 Å². The van der Waals surface area contributed by atoms with Gasteiger partial charge in [0.25, 0.3) is 0 Å². The maximum atomic E-state index is 6.10. The monoisotopic (exact) mass is 305 g/mol. The van der Waals surface area contributed by atoms with E-state index in [4.69, 9.17) is 28.9 Å². The quantitative estimate of drug-likeness (QED) is 0.717. The first-order chi connectivity index (χ1) is 9.47. The number of aromatic nitrogens is 2. The molecule has 0 spiro atoms. The van der Waals surface area contributed by atoms with E-state index in [0.717, 1.165) is 16.7 Å². The van der Waals surface area contributed by atoms with E-state index in [0.29, 0.717) is 16.0 Å². The molecule has 1 heterocycles. The van der Waals surface area contributed by atoms with Crippen molar-refractivity contribution < 1.29 is 0 Å². The average Bonchev–Trinajstić information content (AvgIpc) is 2.69. The second-order valence-corrected chi connectivity index (χ2v) is 5.64. The van der Waals surface area contributed by atoms with Gasteiger partial charge in [0, 0.05) is 5.69 Å². The number of nitrogens with zero attached hydrogens (tertiary/aromatic N) is 2. The largest absolute Gasteiger partial charge is 0.369 e. The van der Waals surface area contributed by atoms with E-state index in [-0.39, 0.29) is 0 Å². The fourth-order valence-corrected chi connectivity index (χ4v) is 2.54. The van der Waals surface area contributed by atoms with Crippen molar-refractivity contribution in [3.05, 3.63) is 51.5 Å². The van der Waals surface area contributed by atoms with Crippen LogP contribution in [0, 0.1) is 13.8 Å². The van der Waals surface area contributed by atoms with Crippen LogP contribution in [0.5, 0.6) is 0 Å². The van der Waals surface area contributed by atoms with Crippen LogP contribution in [0.2, 0.25) is 10.0 Å². The van der Waals surface area contributed by atoms with E-state index in [1.165, 1.54) is 11.1 Å². The summed E-state index contributed by atoms with van der Waals surface area (Å²) < 4.78 is 1.88. The number of hydrogen-bond donors (Lipinski definition) is 1.